The van der Waals surface area contributed by atoms with Crippen molar-refractivity contribution in [1.82, 2.24) is 5.43 Å². The first-order valence-corrected chi connectivity index (χ1v) is 9.97. The molecular formula is C22H17BrClN3O2. The van der Waals surface area contributed by atoms with Gasteiger partial charge in [-0.2, -0.15) is 5.10 Å². The van der Waals surface area contributed by atoms with Crippen molar-refractivity contribution in [2.24, 2.45) is 10.1 Å². The van der Waals surface area contributed by atoms with E-state index < -0.39 is 0 Å². The van der Waals surface area contributed by atoms with Crippen LogP contribution in [0.15, 0.2) is 75.2 Å². The second-order valence-corrected chi connectivity index (χ2v) is 7.62. The van der Waals surface area contributed by atoms with Gasteiger partial charge >= 0.3 is 0 Å². The molecule has 0 radical (unpaired) electrons. The van der Waals surface area contributed by atoms with Crippen LogP contribution >= 0.6 is 27.5 Å². The van der Waals surface area contributed by atoms with Crippen molar-refractivity contribution in [2.75, 3.05) is 14.2 Å². The number of nitrogens with zero attached hydrogens (tertiary/aromatic N) is 2. The van der Waals surface area contributed by atoms with Crippen molar-refractivity contribution in [3.05, 3.63) is 86.8 Å². The number of hydrogen-bond acceptors (Lipinski definition) is 5. The highest BCUT2D eigenvalue weighted by Crippen LogP contribution is 2.32. The molecule has 7 heteroatoms. The number of ether oxygens (including phenoxy) is 2. The fourth-order valence-electron chi connectivity index (χ4n) is 3.05. The molecule has 146 valence electrons. The lowest BCUT2D eigenvalue weighted by atomic mass is 10.0. The van der Waals surface area contributed by atoms with Gasteiger partial charge in [0.05, 0.1) is 19.9 Å². The largest absolute Gasteiger partial charge is 0.493 e. The van der Waals surface area contributed by atoms with Crippen LogP contribution in [0.25, 0.3) is 0 Å². The minimum Gasteiger partial charge on any atom is -0.493 e. The van der Waals surface area contributed by atoms with Crippen molar-refractivity contribution in [3.8, 4) is 11.5 Å². The van der Waals surface area contributed by atoms with E-state index in [9.17, 15) is 0 Å². The molecule has 0 aliphatic carbocycles. The molecule has 3 aromatic carbocycles. The number of aliphatic imine (C=N–C) groups is 1. The second kappa shape index (κ2) is 8.27. The molecule has 0 unspecified atom stereocenters. The van der Waals surface area contributed by atoms with Crippen LogP contribution < -0.4 is 14.9 Å². The summed E-state index contributed by atoms with van der Waals surface area (Å²) in [5, 5.41) is 5.34. The Hall–Kier alpha value is -2.83. The van der Waals surface area contributed by atoms with E-state index in [0.29, 0.717) is 22.4 Å². The topological polar surface area (TPSA) is 55.2 Å². The number of benzene rings is 3. The molecule has 0 bridgehead atoms. The first-order chi connectivity index (χ1) is 14.1. The average Bonchev–Trinajstić information content (AvgIpc) is 2.93. The SMILES string of the molecule is COc1ccc(C2=NNC(c3ccc(Cl)cc3)=Nc3ccc(Br)cc32)cc1OC. The number of nitrogens with one attached hydrogen (secondary N) is 1. The molecule has 3 aromatic rings. The van der Waals surface area contributed by atoms with Gasteiger partial charge in [-0.3, -0.25) is 5.43 Å². The van der Waals surface area contributed by atoms with Crippen LogP contribution in [0, 0.1) is 0 Å². The lowest BCUT2D eigenvalue weighted by molar-refractivity contribution is 0.355. The zero-order valence-corrected chi connectivity index (χ0v) is 18.1. The average molecular weight is 471 g/mol. The predicted molar refractivity (Wildman–Crippen MR) is 120 cm³/mol. The van der Waals surface area contributed by atoms with Crippen molar-refractivity contribution in [3.63, 3.8) is 0 Å². The molecule has 0 saturated carbocycles. The molecule has 0 aromatic heterocycles. The van der Waals surface area contributed by atoms with Crippen LogP contribution in [0.5, 0.6) is 11.5 Å². The van der Waals surface area contributed by atoms with Crippen LogP contribution in [-0.2, 0) is 0 Å². The quantitative estimate of drug-likeness (QED) is 0.544. The van der Waals surface area contributed by atoms with Gasteiger partial charge < -0.3 is 9.47 Å². The minimum absolute atomic E-state index is 0.632. The molecule has 0 saturated heterocycles. The maximum atomic E-state index is 6.02. The van der Waals surface area contributed by atoms with E-state index in [1.165, 1.54) is 0 Å². The highest BCUT2D eigenvalue weighted by Gasteiger charge is 2.19. The molecule has 0 atom stereocenters. The summed E-state index contributed by atoms with van der Waals surface area (Å²) in [7, 11) is 3.22. The van der Waals surface area contributed by atoms with E-state index in [0.717, 1.165) is 32.6 Å². The monoisotopic (exact) mass is 469 g/mol. The smallest absolute Gasteiger partial charge is 0.161 e. The summed E-state index contributed by atoms with van der Waals surface area (Å²) in [6.07, 6.45) is 0. The number of hydrazone groups is 1. The first kappa shape index (κ1) is 19.5. The van der Waals surface area contributed by atoms with E-state index in [1.54, 1.807) is 14.2 Å². The lowest BCUT2D eigenvalue weighted by Gasteiger charge is -2.12. The molecule has 0 spiro atoms. The number of rotatable bonds is 4. The number of halogens is 2. The molecule has 29 heavy (non-hydrogen) atoms. The van der Waals surface area contributed by atoms with Crippen molar-refractivity contribution >= 4 is 44.8 Å². The number of fused-ring (bicyclic) bond motifs is 1. The van der Waals surface area contributed by atoms with E-state index in [4.69, 9.17) is 26.1 Å². The summed E-state index contributed by atoms with van der Waals surface area (Å²) in [6, 6.07) is 19.1. The summed E-state index contributed by atoms with van der Waals surface area (Å²) in [5.74, 6) is 1.93. The van der Waals surface area contributed by atoms with Crippen LogP contribution in [-0.4, -0.2) is 25.8 Å². The summed E-state index contributed by atoms with van der Waals surface area (Å²) in [6.45, 7) is 0. The van der Waals surface area contributed by atoms with Crippen molar-refractivity contribution in [1.29, 1.82) is 0 Å². The number of amidine groups is 1. The summed E-state index contributed by atoms with van der Waals surface area (Å²) >= 11 is 9.57. The van der Waals surface area contributed by atoms with Gasteiger partial charge in [0.15, 0.2) is 17.3 Å². The maximum Gasteiger partial charge on any atom is 0.161 e. The Morgan fingerprint density at radius 3 is 2.31 bits per heavy atom. The summed E-state index contributed by atoms with van der Waals surface area (Å²) in [4.78, 5) is 4.80. The molecule has 1 N–H and O–H groups in total. The zero-order chi connectivity index (χ0) is 20.4. The Morgan fingerprint density at radius 1 is 0.862 bits per heavy atom. The minimum atomic E-state index is 0.632. The maximum absolute atomic E-state index is 6.02. The van der Waals surface area contributed by atoms with Gasteiger partial charge in [0.1, 0.15) is 5.71 Å². The molecule has 1 aliphatic heterocycles. The Bertz CT molecular complexity index is 1130. The predicted octanol–water partition coefficient (Wildman–Crippen LogP) is 5.55. The third kappa shape index (κ3) is 3.99. The first-order valence-electron chi connectivity index (χ1n) is 8.79. The molecule has 4 rings (SSSR count). The molecule has 5 nitrogen and oxygen atoms in total. The summed E-state index contributed by atoms with van der Waals surface area (Å²) < 4.78 is 11.8. The van der Waals surface area contributed by atoms with Gasteiger partial charge in [0.2, 0.25) is 0 Å². The summed E-state index contributed by atoms with van der Waals surface area (Å²) in [5.41, 5.74) is 7.31. The van der Waals surface area contributed by atoms with E-state index in [-0.39, 0.29) is 0 Å². The number of hydrogen-bond donors (Lipinski definition) is 1. The Labute approximate surface area is 182 Å². The van der Waals surface area contributed by atoms with Gasteiger partial charge in [-0.15, -0.1) is 0 Å². The zero-order valence-electron chi connectivity index (χ0n) is 15.7. The van der Waals surface area contributed by atoms with E-state index in [1.807, 2.05) is 60.7 Å². The molecule has 0 fully saturated rings. The molecule has 1 aliphatic rings. The highest BCUT2D eigenvalue weighted by molar-refractivity contribution is 9.10. The molecule has 1 heterocycles. The van der Waals surface area contributed by atoms with Crippen LogP contribution in [0.2, 0.25) is 5.02 Å². The number of methoxy groups -OCH3 is 2. The van der Waals surface area contributed by atoms with Gasteiger partial charge in [0, 0.05) is 26.2 Å². The fraction of sp³-hybridized carbons (Fsp3) is 0.0909. The van der Waals surface area contributed by atoms with Crippen molar-refractivity contribution < 1.29 is 9.47 Å². The third-order valence-electron chi connectivity index (χ3n) is 4.49. The Morgan fingerprint density at radius 2 is 1.59 bits per heavy atom. The fourth-order valence-corrected chi connectivity index (χ4v) is 3.54. The highest BCUT2D eigenvalue weighted by atomic mass is 79.9. The van der Waals surface area contributed by atoms with Crippen LogP contribution in [0.4, 0.5) is 5.69 Å². The second-order valence-electron chi connectivity index (χ2n) is 6.27. The molecule has 0 amide bonds. The lowest BCUT2D eigenvalue weighted by Crippen LogP contribution is -2.19. The van der Waals surface area contributed by atoms with Gasteiger partial charge in [0.25, 0.3) is 0 Å². The normalized spacial score (nSPS) is 12.8. The van der Waals surface area contributed by atoms with Gasteiger partial charge in [-0.25, -0.2) is 4.99 Å². The third-order valence-corrected chi connectivity index (χ3v) is 5.24. The van der Waals surface area contributed by atoms with E-state index >= 15 is 0 Å². The van der Waals surface area contributed by atoms with Crippen LogP contribution in [0.3, 0.4) is 0 Å². The van der Waals surface area contributed by atoms with E-state index in [2.05, 4.69) is 26.5 Å². The Balaban J connectivity index is 1.85. The molecular weight excluding hydrogens is 454 g/mol. The van der Waals surface area contributed by atoms with Gasteiger partial charge in [-0.1, -0.05) is 27.5 Å². The van der Waals surface area contributed by atoms with Crippen molar-refractivity contribution in [2.45, 2.75) is 0 Å². The van der Waals surface area contributed by atoms with Gasteiger partial charge in [-0.05, 0) is 60.7 Å². The van der Waals surface area contributed by atoms with Crippen LogP contribution in [0.1, 0.15) is 16.7 Å². The Kier molecular flexibility index (Phi) is 5.56. The standard InChI is InChI=1S/C22H17BrClN3O2/c1-28-19-10-5-14(11-20(19)29-2)21-17-12-15(23)6-9-18(17)25-22(27-26-21)13-3-7-16(24)8-4-13/h3-12H,1-2H3,(H,25,27).